The Morgan fingerprint density at radius 3 is 2.65 bits per heavy atom. The molecule has 1 unspecified atom stereocenters. The van der Waals surface area contributed by atoms with Crippen molar-refractivity contribution < 1.29 is 19.5 Å². The molecule has 0 spiro atoms. The van der Waals surface area contributed by atoms with Crippen LogP contribution < -0.4 is 11.1 Å². The molecule has 1 heterocycles. The maximum Gasteiger partial charge on any atom is 0.326 e. The molecule has 2 amide bonds. The van der Waals surface area contributed by atoms with E-state index in [4.69, 9.17) is 10.8 Å². The molecule has 2 atom stereocenters. The van der Waals surface area contributed by atoms with Crippen molar-refractivity contribution in [1.29, 1.82) is 0 Å². The molecule has 1 aliphatic heterocycles. The summed E-state index contributed by atoms with van der Waals surface area (Å²) in [5.41, 5.74) is 4.95. The van der Waals surface area contributed by atoms with Gasteiger partial charge in [0.2, 0.25) is 11.8 Å². The monoisotopic (exact) mass is 260 g/mol. The van der Waals surface area contributed by atoms with E-state index in [0.29, 0.717) is 0 Å². The number of nitrogens with two attached hydrogens (primary N) is 1. The Kier molecular flexibility index (Phi) is 5.27. The Morgan fingerprint density at radius 1 is 1.47 bits per heavy atom. The molecule has 0 aromatic carbocycles. The van der Waals surface area contributed by atoms with Crippen LogP contribution in [0.1, 0.15) is 19.3 Å². The van der Waals surface area contributed by atoms with Crippen LogP contribution in [0.5, 0.6) is 0 Å². The van der Waals surface area contributed by atoms with Gasteiger partial charge in [0.05, 0.1) is 0 Å². The zero-order valence-corrected chi connectivity index (χ0v) is 10.2. The van der Waals surface area contributed by atoms with Crippen molar-refractivity contribution >= 4 is 29.5 Å². The van der Waals surface area contributed by atoms with Crippen LogP contribution in [-0.4, -0.2) is 40.4 Å². The second-order valence-corrected chi connectivity index (χ2v) is 5.11. The van der Waals surface area contributed by atoms with Crippen LogP contribution in [0.15, 0.2) is 0 Å². The van der Waals surface area contributed by atoms with E-state index in [1.807, 2.05) is 0 Å². The number of rotatable bonds is 6. The van der Waals surface area contributed by atoms with E-state index in [-0.39, 0.29) is 24.7 Å². The van der Waals surface area contributed by atoms with Crippen LogP contribution in [0.25, 0.3) is 0 Å². The van der Waals surface area contributed by atoms with Crippen molar-refractivity contribution in [3.8, 4) is 0 Å². The zero-order valence-electron chi connectivity index (χ0n) is 9.35. The minimum absolute atomic E-state index is 0.0380. The van der Waals surface area contributed by atoms with Gasteiger partial charge in [-0.1, -0.05) is 0 Å². The molecular weight excluding hydrogens is 244 g/mol. The molecule has 7 heteroatoms. The molecule has 6 nitrogen and oxygen atoms in total. The number of carbonyl (C=O) groups excluding carboxylic acids is 2. The standard InChI is InChI=1S/C10H16N2O4S/c11-8(13)2-1-7(10(15)16)12-9(14)6-3-4-17-5-6/h6-7H,1-5H2,(H2,11,13)(H,12,14)(H,15,16)/t6?,7-/m1/s1. The molecular formula is C10H16N2O4S. The second kappa shape index (κ2) is 6.48. The number of carbonyl (C=O) groups is 3. The van der Waals surface area contributed by atoms with E-state index >= 15 is 0 Å². The number of carboxylic acids is 1. The van der Waals surface area contributed by atoms with Gasteiger partial charge in [0.15, 0.2) is 0 Å². The van der Waals surface area contributed by atoms with Crippen molar-refractivity contribution in [3.63, 3.8) is 0 Å². The molecule has 96 valence electrons. The van der Waals surface area contributed by atoms with Crippen LogP contribution in [0.3, 0.4) is 0 Å². The number of hydrogen-bond donors (Lipinski definition) is 3. The number of hydrogen-bond acceptors (Lipinski definition) is 4. The highest BCUT2D eigenvalue weighted by molar-refractivity contribution is 7.99. The van der Waals surface area contributed by atoms with E-state index < -0.39 is 17.9 Å². The highest BCUT2D eigenvalue weighted by Gasteiger charge is 2.27. The van der Waals surface area contributed by atoms with Gasteiger partial charge >= 0.3 is 5.97 Å². The van der Waals surface area contributed by atoms with Gasteiger partial charge < -0.3 is 16.2 Å². The van der Waals surface area contributed by atoms with Crippen LogP contribution in [-0.2, 0) is 14.4 Å². The number of primary amides is 1. The fraction of sp³-hybridized carbons (Fsp3) is 0.700. The van der Waals surface area contributed by atoms with E-state index in [1.165, 1.54) is 0 Å². The fourth-order valence-corrected chi connectivity index (χ4v) is 2.80. The highest BCUT2D eigenvalue weighted by Crippen LogP contribution is 2.23. The quantitative estimate of drug-likeness (QED) is 0.600. The van der Waals surface area contributed by atoms with Crippen LogP contribution in [0.2, 0.25) is 0 Å². The van der Waals surface area contributed by atoms with Gasteiger partial charge in [0.25, 0.3) is 0 Å². The van der Waals surface area contributed by atoms with E-state index in [9.17, 15) is 14.4 Å². The van der Waals surface area contributed by atoms with Gasteiger partial charge in [-0.25, -0.2) is 4.79 Å². The summed E-state index contributed by atoms with van der Waals surface area (Å²) < 4.78 is 0. The lowest BCUT2D eigenvalue weighted by Gasteiger charge is -2.16. The Labute approximate surface area is 103 Å². The molecule has 0 aliphatic carbocycles. The third-order valence-corrected chi connectivity index (χ3v) is 3.76. The maximum atomic E-state index is 11.7. The summed E-state index contributed by atoms with van der Waals surface area (Å²) in [7, 11) is 0. The number of amides is 2. The molecule has 0 aromatic heterocycles. The van der Waals surface area contributed by atoms with Crippen LogP contribution in [0, 0.1) is 5.92 Å². The van der Waals surface area contributed by atoms with Gasteiger partial charge in [-0.2, -0.15) is 11.8 Å². The van der Waals surface area contributed by atoms with E-state index in [2.05, 4.69) is 5.32 Å². The third kappa shape index (κ3) is 4.64. The Morgan fingerprint density at radius 2 is 2.18 bits per heavy atom. The fourth-order valence-electron chi connectivity index (χ4n) is 1.57. The van der Waals surface area contributed by atoms with Crippen LogP contribution in [0.4, 0.5) is 0 Å². The summed E-state index contributed by atoms with van der Waals surface area (Å²) in [4.78, 5) is 33.2. The SMILES string of the molecule is NC(=O)CC[C@@H](NC(=O)C1CCSC1)C(=O)O. The first-order valence-electron chi connectivity index (χ1n) is 5.40. The normalized spacial score (nSPS) is 20.8. The first-order chi connectivity index (χ1) is 8.00. The van der Waals surface area contributed by atoms with E-state index in [1.54, 1.807) is 11.8 Å². The van der Waals surface area contributed by atoms with Crippen molar-refractivity contribution in [3.05, 3.63) is 0 Å². The first-order valence-corrected chi connectivity index (χ1v) is 6.55. The molecule has 1 aliphatic rings. The zero-order chi connectivity index (χ0) is 12.8. The van der Waals surface area contributed by atoms with Gasteiger partial charge in [-0.15, -0.1) is 0 Å². The minimum Gasteiger partial charge on any atom is -0.480 e. The Bertz CT molecular complexity index is 315. The van der Waals surface area contributed by atoms with Crippen molar-refractivity contribution in [1.82, 2.24) is 5.32 Å². The van der Waals surface area contributed by atoms with Crippen molar-refractivity contribution in [2.75, 3.05) is 11.5 Å². The summed E-state index contributed by atoms with van der Waals surface area (Å²) in [6.07, 6.45) is 0.769. The predicted molar refractivity (Wildman–Crippen MR) is 63.4 cm³/mol. The Hall–Kier alpha value is -1.24. The Balaban J connectivity index is 2.44. The number of aliphatic carboxylic acids is 1. The average molecular weight is 260 g/mol. The molecule has 17 heavy (non-hydrogen) atoms. The van der Waals surface area contributed by atoms with Gasteiger partial charge in [0.1, 0.15) is 6.04 Å². The van der Waals surface area contributed by atoms with Crippen molar-refractivity contribution in [2.45, 2.75) is 25.3 Å². The average Bonchev–Trinajstić information content (AvgIpc) is 2.76. The first kappa shape index (κ1) is 13.8. The number of carboxylic acid groups (broad SMARTS) is 1. The molecule has 0 saturated carbocycles. The molecule has 0 bridgehead atoms. The number of nitrogens with one attached hydrogen (secondary N) is 1. The van der Waals surface area contributed by atoms with Gasteiger partial charge in [0, 0.05) is 18.1 Å². The summed E-state index contributed by atoms with van der Waals surface area (Å²) in [5.74, 6) is -0.403. The summed E-state index contributed by atoms with van der Waals surface area (Å²) in [6, 6.07) is -1.03. The predicted octanol–water partition coefficient (Wildman–Crippen LogP) is -0.426. The molecule has 4 N–H and O–H groups in total. The van der Waals surface area contributed by atoms with Gasteiger partial charge in [-0.3, -0.25) is 9.59 Å². The van der Waals surface area contributed by atoms with Gasteiger partial charge in [-0.05, 0) is 18.6 Å². The second-order valence-electron chi connectivity index (χ2n) is 3.96. The summed E-state index contributed by atoms with van der Waals surface area (Å²) in [6.45, 7) is 0. The smallest absolute Gasteiger partial charge is 0.326 e. The van der Waals surface area contributed by atoms with Crippen molar-refractivity contribution in [2.24, 2.45) is 11.7 Å². The molecule has 0 aromatic rings. The summed E-state index contributed by atoms with van der Waals surface area (Å²) in [5, 5.41) is 11.4. The summed E-state index contributed by atoms with van der Waals surface area (Å²) >= 11 is 1.68. The largest absolute Gasteiger partial charge is 0.480 e. The molecule has 0 radical (unpaired) electrons. The lowest BCUT2D eigenvalue weighted by molar-refractivity contribution is -0.142. The highest BCUT2D eigenvalue weighted by atomic mass is 32.2. The maximum absolute atomic E-state index is 11.7. The molecule has 1 fully saturated rings. The van der Waals surface area contributed by atoms with E-state index in [0.717, 1.165) is 17.9 Å². The molecule has 1 saturated heterocycles. The lowest BCUT2D eigenvalue weighted by Crippen LogP contribution is -2.44. The topological polar surface area (TPSA) is 109 Å². The third-order valence-electron chi connectivity index (χ3n) is 2.59. The number of thioether (sulfide) groups is 1. The van der Waals surface area contributed by atoms with Crippen LogP contribution >= 0.6 is 11.8 Å². The molecule has 1 rings (SSSR count). The minimum atomic E-state index is -1.13. The lowest BCUT2D eigenvalue weighted by atomic mass is 10.1.